The molecule has 0 fully saturated rings. The number of nitrogens with one attached hydrogen (secondary N) is 4. The van der Waals surface area contributed by atoms with Crippen LogP contribution in [-0.4, -0.2) is 31.6 Å². The molecule has 0 unspecified atom stereocenters. The third kappa shape index (κ3) is 4.28. The topological polar surface area (TPSA) is 108 Å². The van der Waals surface area contributed by atoms with Crippen LogP contribution < -0.4 is 16.2 Å². The van der Waals surface area contributed by atoms with Crippen molar-refractivity contribution in [3.8, 4) is 0 Å². The Morgan fingerprint density at radius 3 is 2.70 bits per heavy atom. The summed E-state index contributed by atoms with van der Waals surface area (Å²) in [5, 5.41) is 16.2. The zero-order valence-corrected chi connectivity index (χ0v) is 11.5. The lowest BCUT2D eigenvalue weighted by molar-refractivity contribution is -0.121. The third-order valence-electron chi connectivity index (χ3n) is 2.33. The van der Waals surface area contributed by atoms with Gasteiger partial charge in [-0.3, -0.25) is 15.6 Å². The molecule has 20 heavy (non-hydrogen) atoms. The number of rotatable bonds is 3. The minimum atomic E-state index is -0.320. The number of nitrogens with zero attached hydrogens (tertiary/aromatic N) is 3. The molecule has 0 saturated carbocycles. The second-order valence-corrected chi connectivity index (χ2v) is 4.41. The first kappa shape index (κ1) is 13.9. The summed E-state index contributed by atoms with van der Waals surface area (Å²) >= 11 is 5.05. The quantitative estimate of drug-likeness (QED) is 0.468. The summed E-state index contributed by atoms with van der Waals surface area (Å²) in [7, 11) is 0. The van der Waals surface area contributed by atoms with E-state index in [0.717, 1.165) is 11.3 Å². The molecule has 9 heteroatoms. The van der Waals surface area contributed by atoms with Crippen LogP contribution in [0.4, 0.5) is 5.69 Å². The van der Waals surface area contributed by atoms with Crippen molar-refractivity contribution in [2.45, 2.75) is 13.3 Å². The van der Waals surface area contributed by atoms with E-state index in [4.69, 9.17) is 12.2 Å². The maximum atomic E-state index is 11.5. The highest BCUT2D eigenvalue weighted by molar-refractivity contribution is 7.80. The van der Waals surface area contributed by atoms with Crippen LogP contribution >= 0.6 is 12.2 Å². The second kappa shape index (κ2) is 6.57. The number of carbonyl (C=O) groups is 1. The molecule has 0 aliphatic heterocycles. The van der Waals surface area contributed by atoms with Crippen molar-refractivity contribution in [3.05, 3.63) is 35.7 Å². The molecule has 2 aromatic rings. The Kier molecular flexibility index (Phi) is 4.56. The molecule has 1 aromatic heterocycles. The van der Waals surface area contributed by atoms with Crippen LogP contribution in [0.15, 0.2) is 24.3 Å². The number of carbonyl (C=O) groups excluding carboxylic acids is 1. The number of aromatic amines is 1. The first-order valence-electron chi connectivity index (χ1n) is 5.78. The Hall–Kier alpha value is -2.55. The molecule has 0 saturated heterocycles. The molecule has 1 heterocycles. The molecule has 2 rings (SSSR count). The summed E-state index contributed by atoms with van der Waals surface area (Å²) < 4.78 is 0. The number of thiocarbonyl (C=S) groups is 1. The van der Waals surface area contributed by atoms with E-state index in [1.54, 1.807) is 0 Å². The van der Waals surface area contributed by atoms with Crippen LogP contribution in [0.3, 0.4) is 0 Å². The van der Waals surface area contributed by atoms with E-state index in [2.05, 4.69) is 36.8 Å². The minimum Gasteiger partial charge on any atom is -0.331 e. The fourth-order valence-corrected chi connectivity index (χ4v) is 1.54. The van der Waals surface area contributed by atoms with Crippen molar-refractivity contribution in [1.29, 1.82) is 0 Å². The number of anilines is 1. The van der Waals surface area contributed by atoms with Gasteiger partial charge in [0.1, 0.15) is 0 Å². The molecule has 1 amide bonds. The lowest BCUT2D eigenvalue weighted by atomic mass is 10.2. The van der Waals surface area contributed by atoms with Crippen LogP contribution in [0.1, 0.15) is 11.4 Å². The molecule has 0 spiro atoms. The summed E-state index contributed by atoms with van der Waals surface area (Å²) in [4.78, 5) is 11.5. The van der Waals surface area contributed by atoms with E-state index in [-0.39, 0.29) is 17.4 Å². The van der Waals surface area contributed by atoms with Gasteiger partial charge in [-0.1, -0.05) is 22.9 Å². The van der Waals surface area contributed by atoms with Gasteiger partial charge in [-0.2, -0.15) is 5.21 Å². The van der Waals surface area contributed by atoms with Crippen LogP contribution in [0, 0.1) is 6.92 Å². The number of H-pyrrole nitrogens is 1. The molecule has 8 nitrogen and oxygen atoms in total. The lowest BCUT2D eigenvalue weighted by Crippen LogP contribution is -2.44. The van der Waals surface area contributed by atoms with Gasteiger partial charge < -0.3 is 5.32 Å². The van der Waals surface area contributed by atoms with E-state index in [1.807, 2.05) is 31.2 Å². The molecule has 0 aliphatic carbocycles. The van der Waals surface area contributed by atoms with Gasteiger partial charge in [-0.05, 0) is 31.3 Å². The Balaban J connectivity index is 1.74. The SMILES string of the molecule is Cc1ccc(NC(=S)NNC(=O)Cc2nn[nH]n2)cc1. The summed E-state index contributed by atoms with van der Waals surface area (Å²) in [5.41, 5.74) is 7.02. The largest absolute Gasteiger partial charge is 0.331 e. The number of hydrazine groups is 1. The smallest absolute Gasteiger partial charge is 0.246 e. The van der Waals surface area contributed by atoms with E-state index in [1.165, 1.54) is 0 Å². The van der Waals surface area contributed by atoms with Gasteiger partial charge in [-0.25, -0.2) is 0 Å². The van der Waals surface area contributed by atoms with Gasteiger partial charge in [0.2, 0.25) is 5.91 Å². The molecule has 1 aromatic carbocycles. The molecular formula is C11H13N7OS. The zero-order chi connectivity index (χ0) is 14.4. The Morgan fingerprint density at radius 2 is 2.05 bits per heavy atom. The Morgan fingerprint density at radius 1 is 1.30 bits per heavy atom. The maximum Gasteiger partial charge on any atom is 0.246 e. The van der Waals surface area contributed by atoms with Crippen molar-refractivity contribution in [3.63, 3.8) is 0 Å². The monoisotopic (exact) mass is 291 g/mol. The number of benzene rings is 1. The van der Waals surface area contributed by atoms with Gasteiger partial charge >= 0.3 is 0 Å². The lowest BCUT2D eigenvalue weighted by Gasteiger charge is -2.11. The van der Waals surface area contributed by atoms with Crippen molar-refractivity contribution < 1.29 is 4.79 Å². The van der Waals surface area contributed by atoms with Crippen molar-refractivity contribution >= 4 is 28.9 Å². The van der Waals surface area contributed by atoms with E-state index in [9.17, 15) is 4.79 Å². The van der Waals surface area contributed by atoms with Gasteiger partial charge in [0.05, 0.1) is 6.42 Å². The number of aromatic nitrogens is 4. The highest BCUT2D eigenvalue weighted by Crippen LogP contribution is 2.07. The van der Waals surface area contributed by atoms with Gasteiger partial charge in [0.15, 0.2) is 10.9 Å². The van der Waals surface area contributed by atoms with Crippen LogP contribution in [0.25, 0.3) is 0 Å². The van der Waals surface area contributed by atoms with Crippen molar-refractivity contribution in [1.82, 2.24) is 31.5 Å². The molecule has 0 atom stereocenters. The van der Waals surface area contributed by atoms with Gasteiger partial charge in [-0.15, -0.1) is 10.2 Å². The Bertz CT molecular complexity index is 581. The Labute approximate surface area is 120 Å². The highest BCUT2D eigenvalue weighted by atomic mass is 32.1. The summed E-state index contributed by atoms with van der Waals surface area (Å²) in [6.45, 7) is 2.00. The summed E-state index contributed by atoms with van der Waals surface area (Å²) in [5.74, 6) is -0.0128. The molecule has 0 aliphatic rings. The first-order chi connectivity index (χ1) is 9.63. The number of tetrazole rings is 1. The summed E-state index contributed by atoms with van der Waals surface area (Å²) in [6.07, 6.45) is 0.0106. The molecule has 0 bridgehead atoms. The van der Waals surface area contributed by atoms with Crippen molar-refractivity contribution in [2.24, 2.45) is 0 Å². The van der Waals surface area contributed by atoms with Crippen LogP contribution in [0.2, 0.25) is 0 Å². The normalized spacial score (nSPS) is 9.85. The van der Waals surface area contributed by atoms with Gasteiger partial charge in [0.25, 0.3) is 0 Å². The second-order valence-electron chi connectivity index (χ2n) is 4.00. The summed E-state index contributed by atoms with van der Waals surface area (Å²) in [6, 6.07) is 7.70. The highest BCUT2D eigenvalue weighted by Gasteiger charge is 2.07. The average Bonchev–Trinajstić information content (AvgIpc) is 2.92. The van der Waals surface area contributed by atoms with E-state index < -0.39 is 0 Å². The number of amides is 1. The van der Waals surface area contributed by atoms with Crippen LogP contribution in [-0.2, 0) is 11.2 Å². The number of aryl methyl sites for hydroxylation is 1. The standard InChI is InChI=1S/C11H13N7OS/c1-7-2-4-8(5-3-7)12-11(20)16-15-10(19)6-9-13-17-18-14-9/h2-5H,6H2,1H3,(H,15,19)(H2,12,16,20)(H,13,14,17,18). The van der Waals surface area contributed by atoms with Crippen molar-refractivity contribution in [2.75, 3.05) is 5.32 Å². The molecule has 0 radical (unpaired) electrons. The minimum absolute atomic E-state index is 0.0106. The van der Waals surface area contributed by atoms with E-state index >= 15 is 0 Å². The third-order valence-corrected chi connectivity index (χ3v) is 2.54. The average molecular weight is 291 g/mol. The predicted molar refractivity (Wildman–Crippen MR) is 76.6 cm³/mol. The fraction of sp³-hybridized carbons (Fsp3) is 0.182. The molecule has 104 valence electrons. The van der Waals surface area contributed by atoms with Gasteiger partial charge in [0, 0.05) is 5.69 Å². The fourth-order valence-electron chi connectivity index (χ4n) is 1.37. The number of hydrogen-bond donors (Lipinski definition) is 4. The molecular weight excluding hydrogens is 278 g/mol. The maximum absolute atomic E-state index is 11.5. The molecule has 4 N–H and O–H groups in total. The zero-order valence-electron chi connectivity index (χ0n) is 10.7. The first-order valence-corrected chi connectivity index (χ1v) is 6.19. The van der Waals surface area contributed by atoms with E-state index in [0.29, 0.717) is 5.82 Å². The number of hydrogen-bond acceptors (Lipinski definition) is 5. The predicted octanol–water partition coefficient (Wildman–Crippen LogP) is 0.0684. The van der Waals surface area contributed by atoms with Crippen LogP contribution in [0.5, 0.6) is 0 Å².